The van der Waals surface area contributed by atoms with Crippen LogP contribution < -0.4 is 0 Å². The Bertz CT molecular complexity index is 337. The molecule has 0 aromatic carbocycles. The van der Waals surface area contributed by atoms with E-state index >= 15 is 0 Å². The van der Waals surface area contributed by atoms with E-state index in [4.69, 9.17) is 0 Å². The highest BCUT2D eigenvalue weighted by Gasteiger charge is 2.62. The number of ketones is 1. The molecule has 0 N–H and O–H groups in total. The average Bonchev–Trinajstić information content (AvgIpc) is 2.52. The molecule has 0 unspecified atom stereocenters. The van der Waals surface area contributed by atoms with Crippen molar-refractivity contribution >= 4 is 5.78 Å². The molecule has 0 saturated heterocycles. The number of fused-ring (bicyclic) bond motifs is 2. The van der Waals surface area contributed by atoms with Crippen molar-refractivity contribution in [1.82, 2.24) is 0 Å². The van der Waals surface area contributed by atoms with Crippen molar-refractivity contribution in [3.8, 4) is 0 Å². The normalized spacial score (nSPS) is 41.5. The maximum atomic E-state index is 12.1. The average molecular weight is 220 g/mol. The van der Waals surface area contributed by atoms with Crippen molar-refractivity contribution in [1.29, 1.82) is 0 Å². The van der Waals surface area contributed by atoms with E-state index in [1.54, 1.807) is 0 Å². The Hall–Kier alpha value is -0.590. The molecular weight excluding hydrogens is 196 g/mol. The lowest BCUT2D eigenvalue weighted by molar-refractivity contribution is -0.128. The van der Waals surface area contributed by atoms with E-state index in [2.05, 4.69) is 33.8 Å². The monoisotopic (exact) mass is 220 g/mol. The largest absolute Gasteiger partial charge is 0.299 e. The number of allylic oxidation sites excluding steroid dienone is 2. The van der Waals surface area contributed by atoms with Crippen LogP contribution in [0.3, 0.4) is 0 Å². The molecule has 0 spiro atoms. The van der Waals surface area contributed by atoms with Crippen molar-refractivity contribution < 1.29 is 4.79 Å². The van der Waals surface area contributed by atoms with E-state index in [0.29, 0.717) is 11.7 Å². The molecule has 0 heterocycles. The second-order valence-electron chi connectivity index (χ2n) is 6.43. The smallest absolute Gasteiger partial charge is 0.139 e. The van der Waals surface area contributed by atoms with Crippen LogP contribution in [0.25, 0.3) is 0 Å². The first-order valence-electron chi connectivity index (χ1n) is 6.57. The summed E-state index contributed by atoms with van der Waals surface area (Å²) < 4.78 is 0. The number of carbonyl (C=O) groups is 1. The Morgan fingerprint density at radius 1 is 1.44 bits per heavy atom. The number of Topliss-reactive ketones (excluding diaryl/α,β-unsaturated/α-hetero) is 1. The molecule has 0 aromatic rings. The molecule has 0 aliphatic heterocycles. The van der Waals surface area contributed by atoms with Crippen LogP contribution in [-0.4, -0.2) is 5.78 Å². The number of rotatable bonds is 3. The molecule has 1 heteroatoms. The Balaban J connectivity index is 2.13. The SMILES string of the molecule is CC(C)=CCC[C@]1(C)[C@H]2CC[C@]1(C)C(=O)C2. The van der Waals surface area contributed by atoms with Gasteiger partial charge in [0.1, 0.15) is 5.78 Å². The number of carbonyl (C=O) groups excluding carboxylic acids is 1. The molecule has 0 aromatic heterocycles. The summed E-state index contributed by atoms with van der Waals surface area (Å²) in [5, 5.41) is 0. The Kier molecular flexibility index (Phi) is 2.76. The second-order valence-corrected chi connectivity index (χ2v) is 6.43. The first kappa shape index (κ1) is 11.9. The van der Waals surface area contributed by atoms with Crippen molar-refractivity contribution in [3.05, 3.63) is 11.6 Å². The van der Waals surface area contributed by atoms with Crippen LogP contribution in [0.1, 0.15) is 59.8 Å². The van der Waals surface area contributed by atoms with Crippen molar-refractivity contribution in [2.45, 2.75) is 59.8 Å². The molecule has 1 nitrogen and oxygen atoms in total. The molecule has 2 rings (SSSR count). The van der Waals surface area contributed by atoms with E-state index in [-0.39, 0.29) is 10.8 Å². The summed E-state index contributed by atoms with van der Waals surface area (Å²) in [5.41, 5.74) is 1.66. The predicted molar refractivity (Wildman–Crippen MR) is 67.2 cm³/mol. The van der Waals surface area contributed by atoms with Gasteiger partial charge in [-0.2, -0.15) is 0 Å². The molecule has 3 atom stereocenters. The zero-order chi connectivity index (χ0) is 12.0. The van der Waals surface area contributed by atoms with Crippen molar-refractivity contribution in [2.75, 3.05) is 0 Å². The quantitative estimate of drug-likeness (QED) is 0.654. The minimum absolute atomic E-state index is 0.00679. The fraction of sp³-hybridized carbons (Fsp3) is 0.800. The fourth-order valence-electron chi connectivity index (χ4n) is 3.89. The minimum atomic E-state index is -0.00679. The lowest BCUT2D eigenvalue weighted by Crippen LogP contribution is -2.34. The van der Waals surface area contributed by atoms with Gasteiger partial charge in [0.25, 0.3) is 0 Å². The fourth-order valence-corrected chi connectivity index (χ4v) is 3.89. The predicted octanol–water partition coefficient (Wildman–Crippen LogP) is 4.13. The van der Waals surface area contributed by atoms with Crippen LogP contribution in [0.5, 0.6) is 0 Å². The lowest BCUT2D eigenvalue weighted by Gasteiger charge is -2.36. The van der Waals surface area contributed by atoms with E-state index in [9.17, 15) is 4.79 Å². The molecule has 2 aliphatic rings. The van der Waals surface area contributed by atoms with Gasteiger partial charge in [0, 0.05) is 11.8 Å². The number of hydrogen-bond donors (Lipinski definition) is 0. The van der Waals surface area contributed by atoms with Gasteiger partial charge in [0.15, 0.2) is 0 Å². The Morgan fingerprint density at radius 2 is 2.12 bits per heavy atom. The summed E-state index contributed by atoms with van der Waals surface area (Å²) in [6.07, 6.45) is 7.89. The van der Waals surface area contributed by atoms with Gasteiger partial charge in [-0.05, 0) is 50.9 Å². The van der Waals surface area contributed by atoms with E-state index in [1.807, 2.05) is 0 Å². The second kappa shape index (κ2) is 3.72. The summed E-state index contributed by atoms with van der Waals surface area (Å²) in [7, 11) is 0. The molecule has 0 radical (unpaired) electrons. The highest BCUT2D eigenvalue weighted by molar-refractivity contribution is 5.89. The van der Waals surface area contributed by atoms with Gasteiger partial charge in [-0.3, -0.25) is 4.79 Å². The van der Waals surface area contributed by atoms with Crippen LogP contribution in [0.4, 0.5) is 0 Å². The maximum absolute atomic E-state index is 12.1. The molecule has 2 bridgehead atoms. The van der Waals surface area contributed by atoms with Gasteiger partial charge < -0.3 is 0 Å². The van der Waals surface area contributed by atoms with Crippen LogP contribution in [0, 0.1) is 16.7 Å². The third-order valence-corrected chi connectivity index (χ3v) is 5.42. The standard InChI is InChI=1S/C15H24O/c1-11(2)6-5-8-14(3)12-7-9-15(14,4)13(16)10-12/h6,12H,5,7-10H2,1-4H3/t12-,14+,15+/m0/s1. The van der Waals surface area contributed by atoms with E-state index in [0.717, 1.165) is 19.3 Å². The first-order valence-corrected chi connectivity index (χ1v) is 6.57. The van der Waals surface area contributed by atoms with Gasteiger partial charge in [-0.1, -0.05) is 25.5 Å². The van der Waals surface area contributed by atoms with Crippen molar-refractivity contribution in [3.63, 3.8) is 0 Å². The molecule has 2 aliphatic carbocycles. The third kappa shape index (κ3) is 1.48. The van der Waals surface area contributed by atoms with Gasteiger partial charge in [0.2, 0.25) is 0 Å². The molecule has 16 heavy (non-hydrogen) atoms. The summed E-state index contributed by atoms with van der Waals surface area (Å²) in [5.74, 6) is 1.19. The topological polar surface area (TPSA) is 17.1 Å². The summed E-state index contributed by atoms with van der Waals surface area (Å²) in [6.45, 7) is 8.87. The Labute approximate surface area is 99.3 Å². The first-order chi connectivity index (χ1) is 7.40. The van der Waals surface area contributed by atoms with E-state index < -0.39 is 0 Å². The van der Waals surface area contributed by atoms with Crippen LogP contribution in [0.15, 0.2) is 11.6 Å². The maximum Gasteiger partial charge on any atom is 0.139 e. The lowest BCUT2D eigenvalue weighted by atomic mass is 9.66. The zero-order valence-corrected chi connectivity index (χ0v) is 11.1. The molecule has 2 saturated carbocycles. The van der Waals surface area contributed by atoms with Crippen LogP contribution >= 0.6 is 0 Å². The number of hydrogen-bond acceptors (Lipinski definition) is 1. The summed E-state index contributed by atoms with van der Waals surface area (Å²) >= 11 is 0. The summed E-state index contributed by atoms with van der Waals surface area (Å²) in [6, 6.07) is 0. The Morgan fingerprint density at radius 3 is 2.56 bits per heavy atom. The zero-order valence-electron chi connectivity index (χ0n) is 11.1. The van der Waals surface area contributed by atoms with Crippen LogP contribution in [0.2, 0.25) is 0 Å². The van der Waals surface area contributed by atoms with Gasteiger partial charge in [-0.25, -0.2) is 0 Å². The van der Waals surface area contributed by atoms with Crippen LogP contribution in [-0.2, 0) is 4.79 Å². The molecule has 0 amide bonds. The molecule has 90 valence electrons. The van der Waals surface area contributed by atoms with Gasteiger partial charge in [0.05, 0.1) is 0 Å². The molecular formula is C15H24O. The highest BCUT2D eigenvalue weighted by atomic mass is 16.1. The van der Waals surface area contributed by atoms with Gasteiger partial charge in [-0.15, -0.1) is 0 Å². The summed E-state index contributed by atoms with van der Waals surface area (Å²) in [4.78, 5) is 12.1. The van der Waals surface area contributed by atoms with Gasteiger partial charge >= 0.3 is 0 Å². The minimum Gasteiger partial charge on any atom is -0.299 e. The molecule has 2 fully saturated rings. The highest BCUT2D eigenvalue weighted by Crippen LogP contribution is 2.65. The van der Waals surface area contributed by atoms with Crippen molar-refractivity contribution in [2.24, 2.45) is 16.7 Å². The van der Waals surface area contributed by atoms with E-state index in [1.165, 1.54) is 18.4 Å². The third-order valence-electron chi connectivity index (χ3n) is 5.42.